The molecule has 0 amide bonds. The van der Waals surface area contributed by atoms with Crippen LogP contribution in [0.3, 0.4) is 0 Å². The van der Waals surface area contributed by atoms with Crippen LogP contribution < -0.4 is 0 Å². The second kappa shape index (κ2) is 5.49. The lowest BCUT2D eigenvalue weighted by molar-refractivity contribution is -0.142. The zero-order valence-corrected chi connectivity index (χ0v) is 11.9. The van der Waals surface area contributed by atoms with E-state index in [9.17, 15) is 4.79 Å². The molecule has 0 bridgehead atoms. The first-order valence-corrected chi connectivity index (χ1v) is 7.03. The molecule has 2 saturated heterocycles. The van der Waals surface area contributed by atoms with E-state index in [1.165, 1.54) is 0 Å². The summed E-state index contributed by atoms with van der Waals surface area (Å²) in [4.78, 5) is 20.3. The highest BCUT2D eigenvalue weighted by Gasteiger charge is 2.37. The summed E-state index contributed by atoms with van der Waals surface area (Å²) in [5.41, 5.74) is 0. The summed E-state index contributed by atoms with van der Waals surface area (Å²) in [6.45, 7) is 4.86. The molecule has 0 radical (unpaired) electrons. The number of aryl methyl sites for hydroxylation is 1. The van der Waals surface area contributed by atoms with Gasteiger partial charge in [-0.15, -0.1) is 0 Å². The van der Waals surface area contributed by atoms with Crippen molar-refractivity contribution >= 4 is 5.97 Å². The van der Waals surface area contributed by atoms with Crippen molar-refractivity contribution in [2.45, 2.75) is 38.4 Å². The van der Waals surface area contributed by atoms with E-state index in [1.54, 1.807) is 6.92 Å². The highest BCUT2D eigenvalue weighted by atomic mass is 16.5. The second-order valence-corrected chi connectivity index (χ2v) is 5.55. The van der Waals surface area contributed by atoms with Crippen LogP contribution in [0.4, 0.5) is 0 Å². The van der Waals surface area contributed by atoms with Gasteiger partial charge in [0.2, 0.25) is 5.89 Å². The minimum Gasteiger partial charge on any atom is -0.464 e. The van der Waals surface area contributed by atoms with Crippen LogP contribution in [0, 0.1) is 6.92 Å². The lowest BCUT2D eigenvalue weighted by atomic mass is 10.2. The number of esters is 1. The molecular formula is C13H20N4O3. The molecule has 0 N–H and O–H groups in total. The van der Waals surface area contributed by atoms with Gasteiger partial charge in [-0.1, -0.05) is 5.16 Å². The van der Waals surface area contributed by atoms with E-state index in [-0.39, 0.29) is 12.0 Å². The molecule has 0 saturated carbocycles. The van der Waals surface area contributed by atoms with Crippen molar-refractivity contribution in [1.82, 2.24) is 19.9 Å². The Hall–Kier alpha value is -1.47. The summed E-state index contributed by atoms with van der Waals surface area (Å²) < 4.78 is 10.0. The van der Waals surface area contributed by atoms with Crippen LogP contribution >= 0.6 is 0 Å². The second-order valence-electron chi connectivity index (χ2n) is 5.55. The van der Waals surface area contributed by atoms with Gasteiger partial charge >= 0.3 is 5.97 Å². The first kappa shape index (κ1) is 13.5. The van der Waals surface area contributed by atoms with Gasteiger partial charge in [0.15, 0.2) is 5.82 Å². The molecule has 110 valence electrons. The smallest absolute Gasteiger partial charge is 0.323 e. The predicted octanol–water partition coefficient (Wildman–Crippen LogP) is 0.200. The van der Waals surface area contributed by atoms with Crippen LogP contribution in [0.1, 0.15) is 24.6 Å². The average Bonchev–Trinajstić information content (AvgIpc) is 3.10. The van der Waals surface area contributed by atoms with Gasteiger partial charge in [0.05, 0.1) is 13.2 Å². The molecule has 2 fully saturated rings. The Kier molecular flexibility index (Phi) is 3.71. The number of hydrogen-bond acceptors (Lipinski definition) is 7. The lowest BCUT2D eigenvalue weighted by Gasteiger charge is -2.24. The third kappa shape index (κ3) is 2.69. The maximum Gasteiger partial charge on any atom is 0.323 e. The molecule has 0 unspecified atom stereocenters. The molecule has 3 heterocycles. The van der Waals surface area contributed by atoms with E-state index in [0.717, 1.165) is 25.9 Å². The summed E-state index contributed by atoms with van der Waals surface area (Å²) >= 11 is 0. The van der Waals surface area contributed by atoms with Crippen LogP contribution in [-0.2, 0) is 16.1 Å². The molecule has 7 nitrogen and oxygen atoms in total. The van der Waals surface area contributed by atoms with E-state index >= 15 is 0 Å². The standard InChI is InChI=1S/C13H20N4O3/c1-9-14-12(15-20-9)8-16(2)10-3-5-17(7-10)11-4-6-19-13(11)18/h10-11H,3-8H2,1-2H3/t10-,11-/m1/s1. The molecule has 1 aromatic heterocycles. The largest absolute Gasteiger partial charge is 0.464 e. The summed E-state index contributed by atoms with van der Waals surface area (Å²) in [7, 11) is 2.06. The SMILES string of the molecule is Cc1nc(CN(C)[C@@H]2CCN([C@@H]3CCOC3=O)C2)no1. The van der Waals surface area contributed by atoms with Crippen LogP contribution in [0.15, 0.2) is 4.52 Å². The maximum atomic E-state index is 11.6. The third-order valence-electron chi connectivity index (χ3n) is 4.13. The van der Waals surface area contributed by atoms with Crippen molar-refractivity contribution in [2.24, 2.45) is 0 Å². The molecule has 2 aliphatic heterocycles. The Morgan fingerprint density at radius 2 is 2.30 bits per heavy atom. The molecule has 3 rings (SSSR count). The normalized spacial score (nSPS) is 27.4. The van der Waals surface area contributed by atoms with E-state index in [4.69, 9.17) is 9.26 Å². The number of cyclic esters (lactones) is 1. The van der Waals surface area contributed by atoms with Gasteiger partial charge in [-0.2, -0.15) is 4.98 Å². The Morgan fingerprint density at radius 3 is 2.95 bits per heavy atom. The van der Waals surface area contributed by atoms with Crippen molar-refractivity contribution in [1.29, 1.82) is 0 Å². The summed E-state index contributed by atoms with van der Waals surface area (Å²) in [5.74, 6) is 1.24. The monoisotopic (exact) mass is 280 g/mol. The van der Waals surface area contributed by atoms with Crippen molar-refractivity contribution in [3.05, 3.63) is 11.7 Å². The molecule has 0 aliphatic carbocycles. The quantitative estimate of drug-likeness (QED) is 0.729. The molecule has 20 heavy (non-hydrogen) atoms. The van der Waals surface area contributed by atoms with Crippen molar-refractivity contribution < 1.29 is 14.1 Å². The fourth-order valence-electron chi connectivity index (χ4n) is 2.99. The minimum absolute atomic E-state index is 0.0409. The Morgan fingerprint density at radius 1 is 1.45 bits per heavy atom. The fraction of sp³-hybridized carbons (Fsp3) is 0.769. The zero-order chi connectivity index (χ0) is 14.1. The molecule has 0 aromatic carbocycles. The predicted molar refractivity (Wildman–Crippen MR) is 69.8 cm³/mol. The van der Waals surface area contributed by atoms with Crippen LogP contribution in [0.2, 0.25) is 0 Å². The summed E-state index contributed by atoms with van der Waals surface area (Å²) in [6.07, 6.45) is 1.87. The zero-order valence-electron chi connectivity index (χ0n) is 11.9. The highest BCUT2D eigenvalue weighted by Crippen LogP contribution is 2.22. The fourth-order valence-corrected chi connectivity index (χ4v) is 2.99. The molecular weight excluding hydrogens is 260 g/mol. The summed E-state index contributed by atoms with van der Waals surface area (Å²) in [6, 6.07) is 0.378. The molecule has 1 aromatic rings. The van der Waals surface area contributed by atoms with E-state index in [2.05, 4.69) is 27.0 Å². The van der Waals surface area contributed by atoms with Gasteiger partial charge in [0.1, 0.15) is 6.04 Å². The van der Waals surface area contributed by atoms with Crippen molar-refractivity contribution in [2.75, 3.05) is 26.7 Å². The van der Waals surface area contributed by atoms with Crippen LogP contribution in [0.5, 0.6) is 0 Å². The lowest BCUT2D eigenvalue weighted by Crippen LogP contribution is -2.40. The number of hydrogen-bond donors (Lipinski definition) is 0. The molecule has 7 heteroatoms. The number of ether oxygens (including phenoxy) is 1. The number of aromatic nitrogens is 2. The Balaban J connectivity index is 1.55. The molecule has 2 aliphatic rings. The number of nitrogens with zero attached hydrogens (tertiary/aromatic N) is 4. The Bertz CT molecular complexity index is 490. The van der Waals surface area contributed by atoms with Gasteiger partial charge in [0.25, 0.3) is 0 Å². The van der Waals surface area contributed by atoms with E-state index < -0.39 is 0 Å². The number of likely N-dealkylation sites (tertiary alicyclic amines) is 1. The number of carbonyl (C=O) groups excluding carboxylic acids is 1. The average molecular weight is 280 g/mol. The van der Waals surface area contributed by atoms with Gasteiger partial charge < -0.3 is 9.26 Å². The third-order valence-corrected chi connectivity index (χ3v) is 4.13. The summed E-state index contributed by atoms with van der Waals surface area (Å²) in [5, 5.41) is 3.92. The number of likely N-dealkylation sites (N-methyl/N-ethyl adjacent to an activating group) is 1. The van der Waals surface area contributed by atoms with Crippen molar-refractivity contribution in [3.63, 3.8) is 0 Å². The van der Waals surface area contributed by atoms with Gasteiger partial charge in [0, 0.05) is 32.5 Å². The van der Waals surface area contributed by atoms with E-state index in [0.29, 0.717) is 30.9 Å². The van der Waals surface area contributed by atoms with E-state index in [1.807, 2.05) is 0 Å². The van der Waals surface area contributed by atoms with Gasteiger partial charge in [-0.05, 0) is 13.5 Å². The number of carbonyl (C=O) groups is 1. The first-order valence-electron chi connectivity index (χ1n) is 7.03. The Labute approximate surface area is 117 Å². The molecule has 0 spiro atoms. The van der Waals surface area contributed by atoms with Gasteiger partial charge in [-0.3, -0.25) is 14.6 Å². The topological polar surface area (TPSA) is 71.7 Å². The maximum absolute atomic E-state index is 11.6. The highest BCUT2D eigenvalue weighted by molar-refractivity contribution is 5.77. The number of rotatable bonds is 4. The molecule has 2 atom stereocenters. The van der Waals surface area contributed by atoms with Crippen LogP contribution in [-0.4, -0.2) is 64.7 Å². The van der Waals surface area contributed by atoms with Crippen LogP contribution in [0.25, 0.3) is 0 Å². The first-order chi connectivity index (χ1) is 9.63. The van der Waals surface area contributed by atoms with Crippen molar-refractivity contribution in [3.8, 4) is 0 Å². The van der Waals surface area contributed by atoms with Gasteiger partial charge in [-0.25, -0.2) is 0 Å². The minimum atomic E-state index is -0.0675.